The van der Waals surface area contributed by atoms with E-state index < -0.39 is 0 Å². The molecule has 6 rings (SSSR count). The Kier molecular flexibility index (Phi) is 4.44. The van der Waals surface area contributed by atoms with E-state index in [4.69, 9.17) is 9.62 Å². The molecule has 4 aromatic rings. The third-order valence-corrected chi connectivity index (χ3v) is 8.03. The Hall–Kier alpha value is -2.73. The SMILES string of the molecule is C[C@H]1c2oncc2C[C@@]2(C)c3c(c(-c4ccccc4F)nn3-c3ccc(Br)cc3)CC[C@H]12. The molecule has 2 aliphatic carbocycles. The van der Waals surface area contributed by atoms with Gasteiger partial charge in [0.05, 0.1) is 23.3 Å². The highest BCUT2D eigenvalue weighted by Crippen LogP contribution is 2.55. The fourth-order valence-corrected chi connectivity index (χ4v) is 6.34. The Bertz CT molecular complexity index is 1330. The number of aromatic nitrogens is 3. The molecule has 0 bridgehead atoms. The van der Waals surface area contributed by atoms with Crippen molar-refractivity contribution in [3.8, 4) is 16.9 Å². The van der Waals surface area contributed by atoms with Crippen molar-refractivity contribution in [3.63, 3.8) is 0 Å². The summed E-state index contributed by atoms with van der Waals surface area (Å²) in [5.74, 6) is 1.45. The summed E-state index contributed by atoms with van der Waals surface area (Å²) < 4.78 is 23.6. The van der Waals surface area contributed by atoms with Gasteiger partial charge in [-0.1, -0.05) is 47.1 Å². The molecule has 0 amide bonds. The Morgan fingerprint density at radius 1 is 1.16 bits per heavy atom. The van der Waals surface area contributed by atoms with Crippen LogP contribution >= 0.6 is 15.9 Å². The highest BCUT2D eigenvalue weighted by atomic mass is 79.9. The first kappa shape index (κ1) is 19.9. The normalized spacial score (nSPS) is 24.0. The van der Waals surface area contributed by atoms with Gasteiger partial charge in [0.2, 0.25) is 0 Å². The molecular formula is C26H23BrFN3O. The largest absolute Gasteiger partial charge is 0.361 e. The molecular weight excluding hydrogens is 469 g/mol. The Morgan fingerprint density at radius 2 is 1.94 bits per heavy atom. The van der Waals surface area contributed by atoms with E-state index in [1.165, 1.54) is 17.3 Å². The van der Waals surface area contributed by atoms with Crippen molar-refractivity contribution in [3.05, 3.63) is 87.6 Å². The van der Waals surface area contributed by atoms with E-state index in [-0.39, 0.29) is 17.2 Å². The van der Waals surface area contributed by atoms with Crippen molar-refractivity contribution in [2.24, 2.45) is 5.92 Å². The molecule has 0 saturated heterocycles. The molecule has 2 aromatic heterocycles. The standard InChI is InChI=1S/C26H23BrFN3O/c1-15-21-12-11-20-23(19-5-3-4-6-22(19)28)30-31(18-9-7-17(27)8-10-18)25(20)26(21,2)13-16-14-29-32-24(15)16/h3-10,14-15,21H,11-13H2,1-2H3/t15-,21-,26-/m1/s1. The second-order valence-corrected chi connectivity index (χ2v) is 10.2. The van der Waals surface area contributed by atoms with E-state index in [1.54, 1.807) is 6.07 Å². The number of hydrogen-bond acceptors (Lipinski definition) is 3. The molecule has 2 aliphatic rings. The van der Waals surface area contributed by atoms with Crippen LogP contribution in [0, 0.1) is 11.7 Å². The average Bonchev–Trinajstić information content (AvgIpc) is 3.40. The van der Waals surface area contributed by atoms with E-state index >= 15 is 0 Å². The maximum atomic E-state index is 14.9. The van der Waals surface area contributed by atoms with Crippen LogP contribution in [0.2, 0.25) is 0 Å². The van der Waals surface area contributed by atoms with E-state index in [0.717, 1.165) is 46.4 Å². The summed E-state index contributed by atoms with van der Waals surface area (Å²) in [5, 5.41) is 9.15. The van der Waals surface area contributed by atoms with Crippen molar-refractivity contribution in [1.82, 2.24) is 14.9 Å². The topological polar surface area (TPSA) is 43.9 Å². The molecule has 32 heavy (non-hydrogen) atoms. The molecule has 6 heteroatoms. The van der Waals surface area contributed by atoms with Crippen molar-refractivity contribution >= 4 is 15.9 Å². The smallest absolute Gasteiger partial charge is 0.143 e. The van der Waals surface area contributed by atoms with Crippen LogP contribution in [-0.4, -0.2) is 14.9 Å². The van der Waals surface area contributed by atoms with Gasteiger partial charge in [-0.15, -0.1) is 0 Å². The monoisotopic (exact) mass is 491 g/mol. The van der Waals surface area contributed by atoms with Crippen LogP contribution in [0.3, 0.4) is 0 Å². The van der Waals surface area contributed by atoms with Crippen LogP contribution in [0.5, 0.6) is 0 Å². The quantitative estimate of drug-likeness (QED) is 0.316. The number of rotatable bonds is 2. The van der Waals surface area contributed by atoms with Gasteiger partial charge in [-0.05, 0) is 61.6 Å². The third-order valence-electron chi connectivity index (χ3n) is 7.50. The van der Waals surface area contributed by atoms with Crippen molar-refractivity contribution in [2.45, 2.75) is 44.4 Å². The van der Waals surface area contributed by atoms with Gasteiger partial charge in [-0.2, -0.15) is 5.10 Å². The minimum atomic E-state index is -0.235. The summed E-state index contributed by atoms with van der Waals surface area (Å²) in [7, 11) is 0. The number of benzene rings is 2. The molecule has 162 valence electrons. The van der Waals surface area contributed by atoms with Gasteiger partial charge in [0.15, 0.2) is 0 Å². The zero-order chi connectivity index (χ0) is 22.0. The molecule has 0 radical (unpaired) electrons. The van der Waals surface area contributed by atoms with Crippen LogP contribution in [-0.2, 0) is 18.3 Å². The molecule has 2 heterocycles. The van der Waals surface area contributed by atoms with Gasteiger partial charge in [-0.3, -0.25) is 0 Å². The molecule has 4 nitrogen and oxygen atoms in total. The first-order valence-electron chi connectivity index (χ1n) is 11.0. The zero-order valence-electron chi connectivity index (χ0n) is 18.0. The van der Waals surface area contributed by atoms with Gasteiger partial charge >= 0.3 is 0 Å². The predicted octanol–water partition coefficient (Wildman–Crippen LogP) is 6.61. The average molecular weight is 492 g/mol. The molecule has 0 N–H and O–H groups in total. The zero-order valence-corrected chi connectivity index (χ0v) is 19.6. The summed E-state index contributed by atoms with van der Waals surface area (Å²) in [6.07, 6.45) is 4.58. The lowest BCUT2D eigenvalue weighted by Crippen LogP contribution is -2.45. The van der Waals surface area contributed by atoms with Crippen molar-refractivity contribution in [2.75, 3.05) is 0 Å². The summed E-state index contributed by atoms with van der Waals surface area (Å²) in [4.78, 5) is 0. The molecule has 0 saturated carbocycles. The first-order chi connectivity index (χ1) is 15.5. The lowest BCUT2D eigenvalue weighted by molar-refractivity contribution is 0.170. The van der Waals surface area contributed by atoms with E-state index in [0.29, 0.717) is 11.5 Å². The molecule has 0 spiro atoms. The van der Waals surface area contributed by atoms with Gasteiger partial charge in [0, 0.05) is 32.5 Å². The van der Waals surface area contributed by atoms with Crippen molar-refractivity contribution < 1.29 is 8.91 Å². The van der Waals surface area contributed by atoms with Crippen LogP contribution in [0.1, 0.15) is 48.8 Å². The Balaban J connectivity index is 1.63. The van der Waals surface area contributed by atoms with E-state index in [9.17, 15) is 4.39 Å². The summed E-state index contributed by atoms with van der Waals surface area (Å²) >= 11 is 3.54. The van der Waals surface area contributed by atoms with Crippen LogP contribution in [0.25, 0.3) is 16.9 Å². The molecule has 0 fully saturated rings. The highest BCUT2D eigenvalue weighted by Gasteiger charge is 2.51. The van der Waals surface area contributed by atoms with Crippen molar-refractivity contribution in [1.29, 1.82) is 0 Å². The second kappa shape index (κ2) is 7.14. The van der Waals surface area contributed by atoms with E-state index in [2.05, 4.69) is 51.7 Å². The van der Waals surface area contributed by atoms with Crippen LogP contribution in [0.4, 0.5) is 4.39 Å². The molecule has 3 atom stereocenters. The van der Waals surface area contributed by atoms with Gasteiger partial charge < -0.3 is 4.52 Å². The maximum absolute atomic E-state index is 14.9. The molecule has 0 unspecified atom stereocenters. The van der Waals surface area contributed by atoms with Gasteiger partial charge in [0.25, 0.3) is 0 Å². The lowest BCUT2D eigenvalue weighted by Gasteiger charge is -2.47. The number of nitrogens with zero attached hydrogens (tertiary/aromatic N) is 3. The Morgan fingerprint density at radius 3 is 2.72 bits per heavy atom. The van der Waals surface area contributed by atoms with Crippen LogP contribution in [0.15, 0.2) is 63.7 Å². The number of halogens is 2. The minimum absolute atomic E-state index is 0.158. The lowest BCUT2D eigenvalue weighted by atomic mass is 9.56. The third kappa shape index (κ3) is 2.78. The Labute approximate surface area is 194 Å². The fraction of sp³-hybridized carbons (Fsp3) is 0.308. The number of fused-ring (bicyclic) bond motifs is 4. The predicted molar refractivity (Wildman–Crippen MR) is 124 cm³/mol. The fourth-order valence-electron chi connectivity index (χ4n) is 6.08. The maximum Gasteiger partial charge on any atom is 0.143 e. The van der Waals surface area contributed by atoms with Gasteiger partial charge in [0.1, 0.15) is 11.6 Å². The second-order valence-electron chi connectivity index (χ2n) is 9.29. The summed E-state index contributed by atoms with van der Waals surface area (Å²) in [6.45, 7) is 4.58. The molecule has 2 aromatic carbocycles. The summed E-state index contributed by atoms with van der Waals surface area (Å²) in [5.41, 5.74) is 5.66. The molecule has 0 aliphatic heterocycles. The van der Waals surface area contributed by atoms with Crippen LogP contribution < -0.4 is 0 Å². The highest BCUT2D eigenvalue weighted by molar-refractivity contribution is 9.10. The summed E-state index contributed by atoms with van der Waals surface area (Å²) in [6, 6.07) is 15.1. The number of hydrogen-bond donors (Lipinski definition) is 0. The first-order valence-corrected chi connectivity index (χ1v) is 11.8. The minimum Gasteiger partial charge on any atom is -0.361 e. The van der Waals surface area contributed by atoms with Gasteiger partial charge in [-0.25, -0.2) is 9.07 Å². The van der Waals surface area contributed by atoms with E-state index in [1.807, 2.05) is 30.5 Å².